The number of nitrogens with zero attached hydrogens (tertiary/aromatic N) is 1. The third kappa shape index (κ3) is 6.18. The van der Waals surface area contributed by atoms with Gasteiger partial charge in [-0.1, -0.05) is 12.1 Å². The zero-order valence-electron chi connectivity index (χ0n) is 14.3. The Labute approximate surface area is 138 Å². The number of rotatable bonds is 3. The molecule has 1 atom stereocenters. The second-order valence-corrected chi connectivity index (χ2v) is 7.11. The average molecular weight is 322 g/mol. The fourth-order valence-corrected chi connectivity index (χ4v) is 2.72. The van der Waals surface area contributed by atoms with Crippen LogP contribution in [-0.4, -0.2) is 35.7 Å². The minimum atomic E-state index is -0.460. The Bertz CT molecular complexity index is 528. The summed E-state index contributed by atoms with van der Waals surface area (Å²) in [6.45, 7) is 7.71. The van der Waals surface area contributed by atoms with Crippen LogP contribution in [0.2, 0.25) is 0 Å². The standard InChI is InChI=1S/C18H27FN2O2/c1-18(2,3)23-17(22)21-10-5-8-16(9-11-21)20-13-14-6-4-7-15(19)12-14/h4,6-7,12,16,20H,5,8-11,13H2,1-3H3. The number of likely N-dealkylation sites (tertiary alicyclic amines) is 1. The van der Waals surface area contributed by atoms with Crippen LogP contribution in [0.1, 0.15) is 45.6 Å². The summed E-state index contributed by atoms with van der Waals surface area (Å²) in [5, 5.41) is 3.47. The molecule has 1 unspecified atom stereocenters. The number of halogens is 1. The molecule has 1 fully saturated rings. The van der Waals surface area contributed by atoms with Crippen LogP contribution in [0.3, 0.4) is 0 Å². The zero-order chi connectivity index (χ0) is 16.9. The lowest BCUT2D eigenvalue weighted by atomic mass is 10.1. The molecule has 1 N–H and O–H groups in total. The first-order valence-corrected chi connectivity index (χ1v) is 8.29. The quantitative estimate of drug-likeness (QED) is 0.922. The molecule has 0 spiro atoms. The normalized spacial score (nSPS) is 19.3. The van der Waals surface area contributed by atoms with Crippen molar-refractivity contribution >= 4 is 6.09 Å². The van der Waals surface area contributed by atoms with Crippen molar-refractivity contribution in [1.82, 2.24) is 10.2 Å². The van der Waals surface area contributed by atoms with Crippen molar-refractivity contribution in [2.45, 2.75) is 58.2 Å². The Morgan fingerprint density at radius 3 is 2.83 bits per heavy atom. The predicted octanol–water partition coefficient (Wildman–Crippen LogP) is 3.70. The topological polar surface area (TPSA) is 41.6 Å². The molecule has 1 saturated heterocycles. The molecule has 0 aromatic heterocycles. The maximum absolute atomic E-state index is 13.2. The molecular formula is C18H27FN2O2. The summed E-state index contributed by atoms with van der Waals surface area (Å²) < 4.78 is 18.6. The highest BCUT2D eigenvalue weighted by atomic mass is 19.1. The maximum Gasteiger partial charge on any atom is 0.410 e. The molecule has 0 saturated carbocycles. The third-order valence-corrected chi connectivity index (χ3v) is 3.86. The Morgan fingerprint density at radius 2 is 2.13 bits per heavy atom. The van der Waals surface area contributed by atoms with E-state index < -0.39 is 5.60 Å². The summed E-state index contributed by atoms with van der Waals surface area (Å²) >= 11 is 0. The van der Waals surface area contributed by atoms with Crippen molar-refractivity contribution in [1.29, 1.82) is 0 Å². The molecule has 1 aliphatic heterocycles. The van der Waals surface area contributed by atoms with Gasteiger partial charge in [-0.05, 0) is 57.7 Å². The largest absolute Gasteiger partial charge is 0.444 e. The first kappa shape index (κ1) is 17.7. The van der Waals surface area contributed by atoms with E-state index in [2.05, 4.69) is 5.32 Å². The van der Waals surface area contributed by atoms with Gasteiger partial charge in [0.25, 0.3) is 0 Å². The van der Waals surface area contributed by atoms with Crippen molar-refractivity contribution in [2.24, 2.45) is 0 Å². The van der Waals surface area contributed by atoms with E-state index >= 15 is 0 Å². The van der Waals surface area contributed by atoms with Gasteiger partial charge in [0.2, 0.25) is 0 Å². The molecule has 4 nitrogen and oxygen atoms in total. The van der Waals surface area contributed by atoms with E-state index in [-0.39, 0.29) is 11.9 Å². The molecule has 5 heteroatoms. The van der Waals surface area contributed by atoms with Gasteiger partial charge < -0.3 is 15.0 Å². The first-order valence-electron chi connectivity index (χ1n) is 8.29. The van der Waals surface area contributed by atoms with Gasteiger partial charge in [0.15, 0.2) is 0 Å². The van der Waals surface area contributed by atoms with Crippen LogP contribution in [0.25, 0.3) is 0 Å². The number of hydrogen-bond donors (Lipinski definition) is 1. The van der Waals surface area contributed by atoms with Crippen molar-refractivity contribution in [3.8, 4) is 0 Å². The van der Waals surface area contributed by atoms with Crippen molar-refractivity contribution in [3.05, 3.63) is 35.6 Å². The van der Waals surface area contributed by atoms with E-state index in [1.165, 1.54) is 6.07 Å². The highest BCUT2D eigenvalue weighted by molar-refractivity contribution is 5.68. The fraction of sp³-hybridized carbons (Fsp3) is 0.611. The molecule has 1 amide bonds. The number of carbonyl (C=O) groups is 1. The molecule has 0 radical (unpaired) electrons. The van der Waals surface area contributed by atoms with Gasteiger partial charge in [-0.3, -0.25) is 0 Å². The number of carbonyl (C=O) groups excluding carboxylic acids is 1. The molecular weight excluding hydrogens is 295 g/mol. The van der Waals surface area contributed by atoms with Crippen LogP contribution in [-0.2, 0) is 11.3 Å². The van der Waals surface area contributed by atoms with Crippen LogP contribution in [0, 0.1) is 5.82 Å². The van der Waals surface area contributed by atoms with Crippen LogP contribution >= 0.6 is 0 Å². The second-order valence-electron chi connectivity index (χ2n) is 7.11. The van der Waals surface area contributed by atoms with E-state index in [0.29, 0.717) is 19.1 Å². The summed E-state index contributed by atoms with van der Waals surface area (Å²) in [6, 6.07) is 6.99. The molecule has 2 rings (SSSR count). The molecule has 1 heterocycles. The van der Waals surface area contributed by atoms with E-state index in [4.69, 9.17) is 4.74 Å². The van der Waals surface area contributed by atoms with Crippen LogP contribution in [0.5, 0.6) is 0 Å². The van der Waals surface area contributed by atoms with Crippen molar-refractivity contribution in [3.63, 3.8) is 0 Å². The van der Waals surface area contributed by atoms with E-state index in [1.54, 1.807) is 17.0 Å². The summed E-state index contributed by atoms with van der Waals surface area (Å²) in [5.41, 5.74) is 0.483. The summed E-state index contributed by atoms with van der Waals surface area (Å²) in [4.78, 5) is 13.9. The van der Waals surface area contributed by atoms with Gasteiger partial charge >= 0.3 is 6.09 Å². The highest BCUT2D eigenvalue weighted by Crippen LogP contribution is 2.16. The highest BCUT2D eigenvalue weighted by Gasteiger charge is 2.24. The van der Waals surface area contributed by atoms with Gasteiger partial charge in [-0.15, -0.1) is 0 Å². The maximum atomic E-state index is 13.2. The first-order chi connectivity index (χ1) is 10.8. The Kier molecular flexibility index (Phi) is 5.99. The lowest BCUT2D eigenvalue weighted by Gasteiger charge is -2.26. The molecule has 0 bridgehead atoms. The Morgan fingerprint density at radius 1 is 1.35 bits per heavy atom. The number of benzene rings is 1. The lowest BCUT2D eigenvalue weighted by Crippen LogP contribution is -2.38. The van der Waals surface area contributed by atoms with Crippen LogP contribution in [0.4, 0.5) is 9.18 Å². The second kappa shape index (κ2) is 7.77. The van der Waals surface area contributed by atoms with E-state index in [9.17, 15) is 9.18 Å². The van der Waals surface area contributed by atoms with Gasteiger partial charge in [0.1, 0.15) is 11.4 Å². The Hall–Kier alpha value is -1.62. The molecule has 1 aliphatic rings. The van der Waals surface area contributed by atoms with Gasteiger partial charge in [0, 0.05) is 25.7 Å². The SMILES string of the molecule is CC(C)(C)OC(=O)N1CCCC(NCc2cccc(F)c2)CC1. The molecule has 1 aromatic carbocycles. The molecule has 128 valence electrons. The number of hydrogen-bond acceptors (Lipinski definition) is 3. The molecule has 23 heavy (non-hydrogen) atoms. The lowest BCUT2D eigenvalue weighted by molar-refractivity contribution is 0.0256. The number of ether oxygens (including phenoxy) is 1. The van der Waals surface area contributed by atoms with Gasteiger partial charge in [0.05, 0.1) is 0 Å². The van der Waals surface area contributed by atoms with Crippen molar-refractivity contribution in [2.75, 3.05) is 13.1 Å². The average Bonchev–Trinajstić information content (AvgIpc) is 2.69. The smallest absolute Gasteiger partial charge is 0.410 e. The molecule has 1 aromatic rings. The summed E-state index contributed by atoms with van der Waals surface area (Å²) in [7, 11) is 0. The third-order valence-electron chi connectivity index (χ3n) is 3.86. The predicted molar refractivity (Wildman–Crippen MR) is 88.7 cm³/mol. The van der Waals surface area contributed by atoms with Crippen LogP contribution in [0.15, 0.2) is 24.3 Å². The zero-order valence-corrected chi connectivity index (χ0v) is 14.3. The van der Waals surface area contributed by atoms with Gasteiger partial charge in [-0.2, -0.15) is 0 Å². The van der Waals surface area contributed by atoms with E-state index in [0.717, 1.165) is 31.4 Å². The number of nitrogens with one attached hydrogen (secondary N) is 1. The van der Waals surface area contributed by atoms with Gasteiger partial charge in [-0.25, -0.2) is 9.18 Å². The summed E-state index contributed by atoms with van der Waals surface area (Å²) in [6.07, 6.45) is 2.60. The Balaban J connectivity index is 1.80. The van der Waals surface area contributed by atoms with E-state index in [1.807, 2.05) is 26.8 Å². The monoisotopic (exact) mass is 322 g/mol. The van der Waals surface area contributed by atoms with Crippen LogP contribution < -0.4 is 5.32 Å². The summed E-state index contributed by atoms with van der Waals surface area (Å²) in [5.74, 6) is -0.207. The fourth-order valence-electron chi connectivity index (χ4n) is 2.72. The molecule has 0 aliphatic carbocycles. The number of amides is 1. The minimum Gasteiger partial charge on any atom is -0.444 e. The van der Waals surface area contributed by atoms with Crippen molar-refractivity contribution < 1.29 is 13.9 Å². The minimum absolute atomic E-state index is 0.207.